The van der Waals surface area contributed by atoms with E-state index in [1.807, 2.05) is 54.4 Å². The van der Waals surface area contributed by atoms with Crippen molar-refractivity contribution in [3.63, 3.8) is 0 Å². The third kappa shape index (κ3) is 3.00. The molecule has 1 heterocycles. The fourth-order valence-corrected chi connectivity index (χ4v) is 2.55. The highest BCUT2D eigenvalue weighted by Gasteiger charge is 2.13. The molecule has 0 saturated carbocycles. The molecule has 0 unspecified atom stereocenters. The summed E-state index contributed by atoms with van der Waals surface area (Å²) in [5, 5.41) is 1.07. The summed E-state index contributed by atoms with van der Waals surface area (Å²) in [6.45, 7) is 0. The molecule has 0 fully saturated rings. The molecule has 2 aromatic carbocycles. The Morgan fingerprint density at radius 2 is 1.57 bits per heavy atom. The van der Waals surface area contributed by atoms with Crippen LogP contribution in [0.25, 0.3) is 10.9 Å². The van der Waals surface area contributed by atoms with Gasteiger partial charge in [0.15, 0.2) is 0 Å². The lowest BCUT2D eigenvalue weighted by molar-refractivity contribution is 0.415. The smallest absolute Gasteiger partial charge is 0.224 e. The Hall–Kier alpha value is -2.53. The summed E-state index contributed by atoms with van der Waals surface area (Å²) in [4.78, 5) is 10.6. The molecule has 5 nitrogen and oxygen atoms in total. The van der Waals surface area contributed by atoms with Crippen LogP contribution in [-0.4, -0.2) is 31.2 Å². The van der Waals surface area contributed by atoms with Crippen LogP contribution in [0.2, 0.25) is 5.28 Å². The maximum atomic E-state index is 6.08. The zero-order valence-corrected chi connectivity index (χ0v) is 13.8. The Labute approximate surface area is 139 Å². The number of methoxy groups -OCH3 is 2. The minimum Gasteiger partial charge on any atom is -0.497 e. The summed E-state index contributed by atoms with van der Waals surface area (Å²) in [6.07, 6.45) is 0. The van der Waals surface area contributed by atoms with E-state index in [1.165, 1.54) is 0 Å². The van der Waals surface area contributed by atoms with Crippen molar-refractivity contribution in [3.05, 3.63) is 47.7 Å². The van der Waals surface area contributed by atoms with Crippen LogP contribution in [0.1, 0.15) is 0 Å². The molecular formula is C17H16ClN3O2. The normalized spacial score (nSPS) is 10.6. The molecule has 0 aliphatic carbocycles. The summed E-state index contributed by atoms with van der Waals surface area (Å²) in [6, 6.07) is 13.3. The van der Waals surface area contributed by atoms with Gasteiger partial charge in [-0.15, -0.1) is 0 Å². The second kappa shape index (κ2) is 6.30. The van der Waals surface area contributed by atoms with E-state index >= 15 is 0 Å². The minimum atomic E-state index is 0.207. The SMILES string of the molecule is COc1ccc(N(C)c2nc(Cl)nc3ccc(OC)cc23)cc1. The van der Waals surface area contributed by atoms with E-state index in [2.05, 4.69) is 9.97 Å². The van der Waals surface area contributed by atoms with Crippen LogP contribution in [0.3, 0.4) is 0 Å². The van der Waals surface area contributed by atoms with E-state index in [1.54, 1.807) is 14.2 Å². The molecule has 23 heavy (non-hydrogen) atoms. The predicted molar refractivity (Wildman–Crippen MR) is 92.2 cm³/mol. The molecule has 3 rings (SSSR count). The zero-order chi connectivity index (χ0) is 16.4. The predicted octanol–water partition coefficient (Wildman–Crippen LogP) is 4.07. The van der Waals surface area contributed by atoms with Crippen molar-refractivity contribution in [2.45, 2.75) is 0 Å². The van der Waals surface area contributed by atoms with Gasteiger partial charge >= 0.3 is 0 Å². The van der Waals surface area contributed by atoms with Crippen molar-refractivity contribution in [2.24, 2.45) is 0 Å². The molecule has 3 aromatic rings. The van der Waals surface area contributed by atoms with Gasteiger partial charge in [0.05, 0.1) is 19.7 Å². The number of halogens is 1. The molecule has 0 aliphatic rings. The van der Waals surface area contributed by atoms with Crippen molar-refractivity contribution >= 4 is 34.0 Å². The summed E-state index contributed by atoms with van der Waals surface area (Å²) in [5.41, 5.74) is 1.73. The van der Waals surface area contributed by atoms with Gasteiger partial charge in [0.2, 0.25) is 5.28 Å². The van der Waals surface area contributed by atoms with E-state index < -0.39 is 0 Å². The van der Waals surface area contributed by atoms with Crippen LogP contribution in [0, 0.1) is 0 Å². The Morgan fingerprint density at radius 1 is 0.913 bits per heavy atom. The lowest BCUT2D eigenvalue weighted by Crippen LogP contribution is -2.12. The number of aromatic nitrogens is 2. The number of fused-ring (bicyclic) bond motifs is 1. The van der Waals surface area contributed by atoms with Crippen LogP contribution in [0.5, 0.6) is 11.5 Å². The second-order valence-corrected chi connectivity index (χ2v) is 5.29. The van der Waals surface area contributed by atoms with Crippen molar-refractivity contribution in [3.8, 4) is 11.5 Å². The van der Waals surface area contributed by atoms with Gasteiger partial charge in [-0.1, -0.05) is 0 Å². The lowest BCUT2D eigenvalue weighted by atomic mass is 10.2. The number of anilines is 2. The molecule has 0 atom stereocenters. The minimum absolute atomic E-state index is 0.207. The zero-order valence-electron chi connectivity index (χ0n) is 13.1. The molecule has 0 bridgehead atoms. The summed E-state index contributed by atoms with van der Waals surface area (Å²) < 4.78 is 10.5. The first-order valence-electron chi connectivity index (χ1n) is 7.01. The van der Waals surface area contributed by atoms with Gasteiger partial charge in [0.25, 0.3) is 0 Å². The molecule has 0 saturated heterocycles. The van der Waals surface area contributed by atoms with Gasteiger partial charge in [0.1, 0.15) is 17.3 Å². The van der Waals surface area contributed by atoms with Crippen molar-refractivity contribution in [2.75, 3.05) is 26.2 Å². The standard InChI is InChI=1S/C17H16ClN3O2/c1-21(11-4-6-12(22-2)7-5-11)16-14-10-13(23-3)8-9-15(14)19-17(18)20-16/h4-10H,1-3H3. The first kappa shape index (κ1) is 15.4. The third-order valence-corrected chi connectivity index (χ3v) is 3.80. The number of ether oxygens (including phenoxy) is 2. The van der Waals surface area contributed by atoms with Crippen LogP contribution in [0.4, 0.5) is 11.5 Å². The summed E-state index contributed by atoms with van der Waals surface area (Å²) >= 11 is 6.08. The van der Waals surface area contributed by atoms with Gasteiger partial charge in [-0.05, 0) is 54.1 Å². The molecule has 0 spiro atoms. The lowest BCUT2D eigenvalue weighted by Gasteiger charge is -2.20. The molecule has 0 radical (unpaired) electrons. The monoisotopic (exact) mass is 329 g/mol. The quantitative estimate of drug-likeness (QED) is 0.675. The number of nitrogens with zero attached hydrogens (tertiary/aromatic N) is 3. The van der Waals surface area contributed by atoms with Gasteiger partial charge in [-0.3, -0.25) is 0 Å². The van der Waals surface area contributed by atoms with Gasteiger partial charge in [0, 0.05) is 18.1 Å². The highest BCUT2D eigenvalue weighted by molar-refractivity contribution is 6.28. The fraction of sp³-hybridized carbons (Fsp3) is 0.176. The molecular weight excluding hydrogens is 314 g/mol. The third-order valence-electron chi connectivity index (χ3n) is 3.63. The van der Waals surface area contributed by atoms with Gasteiger partial charge in [-0.2, -0.15) is 4.98 Å². The Kier molecular flexibility index (Phi) is 4.21. The first-order valence-corrected chi connectivity index (χ1v) is 7.39. The Morgan fingerprint density at radius 3 is 2.22 bits per heavy atom. The molecule has 118 valence electrons. The molecule has 0 N–H and O–H groups in total. The topological polar surface area (TPSA) is 47.5 Å². The van der Waals surface area contributed by atoms with Crippen LogP contribution in [-0.2, 0) is 0 Å². The maximum Gasteiger partial charge on any atom is 0.224 e. The van der Waals surface area contributed by atoms with Crippen molar-refractivity contribution in [1.82, 2.24) is 9.97 Å². The van der Waals surface area contributed by atoms with E-state index in [4.69, 9.17) is 21.1 Å². The van der Waals surface area contributed by atoms with E-state index in [0.29, 0.717) is 5.82 Å². The highest BCUT2D eigenvalue weighted by Crippen LogP contribution is 2.32. The fourth-order valence-electron chi connectivity index (χ4n) is 2.37. The average molecular weight is 330 g/mol. The van der Waals surface area contributed by atoms with Crippen LogP contribution in [0.15, 0.2) is 42.5 Å². The molecule has 0 amide bonds. The van der Waals surface area contributed by atoms with Gasteiger partial charge < -0.3 is 14.4 Å². The highest BCUT2D eigenvalue weighted by atomic mass is 35.5. The number of benzene rings is 2. The summed E-state index contributed by atoms with van der Waals surface area (Å²) in [5.74, 6) is 2.26. The molecule has 6 heteroatoms. The van der Waals surface area contributed by atoms with E-state index in [9.17, 15) is 0 Å². The maximum absolute atomic E-state index is 6.08. The van der Waals surface area contributed by atoms with Crippen molar-refractivity contribution < 1.29 is 9.47 Å². The average Bonchev–Trinajstić information content (AvgIpc) is 2.60. The number of rotatable bonds is 4. The largest absolute Gasteiger partial charge is 0.497 e. The number of hydrogen-bond donors (Lipinski definition) is 0. The summed E-state index contributed by atoms with van der Waals surface area (Å²) in [7, 11) is 5.20. The van der Waals surface area contributed by atoms with Crippen LogP contribution < -0.4 is 14.4 Å². The van der Waals surface area contributed by atoms with Crippen LogP contribution >= 0.6 is 11.6 Å². The first-order chi connectivity index (χ1) is 11.1. The van der Waals surface area contributed by atoms with Crippen molar-refractivity contribution in [1.29, 1.82) is 0 Å². The van der Waals surface area contributed by atoms with Gasteiger partial charge in [-0.25, -0.2) is 4.98 Å². The van der Waals surface area contributed by atoms with E-state index in [-0.39, 0.29) is 5.28 Å². The Balaban J connectivity index is 2.12. The Bertz CT molecular complexity index is 837. The number of hydrogen-bond acceptors (Lipinski definition) is 5. The van der Waals surface area contributed by atoms with E-state index in [0.717, 1.165) is 28.1 Å². The second-order valence-electron chi connectivity index (χ2n) is 4.96. The molecule has 0 aliphatic heterocycles. The molecule has 1 aromatic heterocycles.